The number of ether oxygens (including phenoxy) is 4. The van der Waals surface area contributed by atoms with Crippen LogP contribution in [0.5, 0.6) is 5.75 Å². The van der Waals surface area contributed by atoms with Gasteiger partial charge in [0.25, 0.3) is 0 Å². The minimum Gasteiger partial charge on any atom is -0.482 e. The highest BCUT2D eigenvalue weighted by Crippen LogP contribution is 2.25. The molecule has 35 heavy (non-hydrogen) atoms. The molecular formula is C21H26N6O8. The molecule has 2 rings (SSSR count). The van der Waals surface area contributed by atoms with Crippen LogP contribution < -0.4 is 26.4 Å². The fourth-order valence-electron chi connectivity index (χ4n) is 2.52. The smallest absolute Gasteiger partial charge is 0.415 e. The zero-order valence-electron chi connectivity index (χ0n) is 19.4. The van der Waals surface area contributed by atoms with Gasteiger partial charge >= 0.3 is 24.1 Å². The number of aromatic nitrogens is 2. The summed E-state index contributed by atoms with van der Waals surface area (Å²) in [5, 5.41) is 7.03. The Bertz CT molecular complexity index is 1060. The van der Waals surface area contributed by atoms with E-state index in [0.29, 0.717) is 11.4 Å². The number of amides is 3. The lowest BCUT2D eigenvalue weighted by atomic mass is 10.3. The normalized spacial score (nSPS) is 10.0. The van der Waals surface area contributed by atoms with Gasteiger partial charge in [0.15, 0.2) is 18.1 Å². The third kappa shape index (κ3) is 8.34. The lowest BCUT2D eigenvalue weighted by Gasteiger charge is -2.14. The van der Waals surface area contributed by atoms with Crippen molar-refractivity contribution in [3.8, 4) is 5.75 Å². The van der Waals surface area contributed by atoms with Crippen molar-refractivity contribution in [3.05, 3.63) is 30.0 Å². The second kappa shape index (κ2) is 13.2. The van der Waals surface area contributed by atoms with Gasteiger partial charge in [0.1, 0.15) is 11.4 Å². The van der Waals surface area contributed by atoms with Crippen molar-refractivity contribution in [2.75, 3.05) is 42.8 Å². The molecule has 0 spiro atoms. The van der Waals surface area contributed by atoms with Gasteiger partial charge in [0.05, 0.1) is 19.8 Å². The molecule has 0 aliphatic rings. The third-order valence-corrected chi connectivity index (χ3v) is 3.91. The minimum atomic E-state index is -1.01. The number of rotatable bonds is 10. The molecule has 0 bridgehead atoms. The standard InChI is InChI=1S/C21H26N6O8/c1-4-32-14(28)11-35-13-9-7-12(8-10-13)23-19-24-16(18(29)33-5-2)15(17(22)26-19)25-20(30)27-21(31)34-6-3/h7-10H,4-6,11H2,1-3H3,(H3,22,23,24,26)(H2,25,27,30,31). The van der Waals surface area contributed by atoms with Gasteiger partial charge in [0, 0.05) is 5.69 Å². The lowest BCUT2D eigenvalue weighted by Crippen LogP contribution is -2.35. The Balaban J connectivity index is 2.19. The van der Waals surface area contributed by atoms with E-state index in [9.17, 15) is 19.2 Å². The maximum atomic E-state index is 12.4. The van der Waals surface area contributed by atoms with Crippen molar-refractivity contribution in [2.24, 2.45) is 0 Å². The molecule has 0 atom stereocenters. The maximum absolute atomic E-state index is 12.4. The van der Waals surface area contributed by atoms with Gasteiger partial charge < -0.3 is 35.3 Å². The average molecular weight is 490 g/mol. The van der Waals surface area contributed by atoms with E-state index in [0.717, 1.165) is 0 Å². The second-order valence-electron chi connectivity index (χ2n) is 6.42. The van der Waals surface area contributed by atoms with Crippen LogP contribution in [-0.4, -0.2) is 60.5 Å². The van der Waals surface area contributed by atoms with Crippen molar-refractivity contribution in [1.29, 1.82) is 0 Å². The van der Waals surface area contributed by atoms with E-state index < -0.39 is 24.1 Å². The summed E-state index contributed by atoms with van der Waals surface area (Å²) in [4.78, 5) is 55.5. The van der Waals surface area contributed by atoms with Gasteiger partial charge in [-0.05, 0) is 45.0 Å². The Hall–Kier alpha value is -4.62. The number of carbonyl (C=O) groups excluding carboxylic acids is 4. The molecule has 5 N–H and O–H groups in total. The van der Waals surface area contributed by atoms with Crippen LogP contribution in [0, 0.1) is 0 Å². The Morgan fingerprint density at radius 1 is 0.914 bits per heavy atom. The zero-order valence-corrected chi connectivity index (χ0v) is 19.4. The van der Waals surface area contributed by atoms with E-state index in [1.54, 1.807) is 45.0 Å². The molecule has 14 heteroatoms. The van der Waals surface area contributed by atoms with Crippen molar-refractivity contribution >= 4 is 47.2 Å². The van der Waals surface area contributed by atoms with Crippen LogP contribution in [0.3, 0.4) is 0 Å². The molecule has 0 aliphatic heterocycles. The summed E-state index contributed by atoms with van der Waals surface area (Å²) < 4.78 is 19.7. The van der Waals surface area contributed by atoms with E-state index in [2.05, 4.69) is 25.3 Å². The van der Waals surface area contributed by atoms with Crippen molar-refractivity contribution in [1.82, 2.24) is 15.3 Å². The predicted octanol–water partition coefficient (Wildman–Crippen LogP) is 2.20. The number of benzene rings is 1. The predicted molar refractivity (Wildman–Crippen MR) is 123 cm³/mol. The molecule has 0 saturated heterocycles. The topological polar surface area (TPSA) is 193 Å². The number of urea groups is 1. The van der Waals surface area contributed by atoms with E-state index >= 15 is 0 Å². The van der Waals surface area contributed by atoms with Gasteiger partial charge in [-0.1, -0.05) is 0 Å². The van der Waals surface area contributed by atoms with E-state index in [1.165, 1.54) is 0 Å². The first-order valence-electron chi connectivity index (χ1n) is 10.5. The Labute approximate surface area is 200 Å². The molecule has 188 valence electrons. The summed E-state index contributed by atoms with van der Waals surface area (Å²) in [5.41, 5.74) is 5.86. The second-order valence-corrected chi connectivity index (χ2v) is 6.42. The zero-order chi connectivity index (χ0) is 25.8. The van der Waals surface area contributed by atoms with Crippen molar-refractivity contribution in [2.45, 2.75) is 20.8 Å². The molecule has 2 aromatic rings. The molecule has 0 fully saturated rings. The van der Waals surface area contributed by atoms with Crippen LogP contribution >= 0.6 is 0 Å². The maximum Gasteiger partial charge on any atom is 0.415 e. The van der Waals surface area contributed by atoms with Crippen molar-refractivity contribution in [3.63, 3.8) is 0 Å². The quantitative estimate of drug-likeness (QED) is 0.280. The average Bonchev–Trinajstić information content (AvgIpc) is 2.80. The SMILES string of the molecule is CCOC(=O)COc1ccc(Nc2nc(N)c(NC(=O)NC(=O)OCC)c(C(=O)OCC)n2)cc1. The fraction of sp³-hybridized carbons (Fsp3) is 0.333. The number of hydrogen-bond donors (Lipinski definition) is 4. The van der Waals surface area contributed by atoms with Crippen LogP contribution in [0.2, 0.25) is 0 Å². The van der Waals surface area contributed by atoms with Crippen molar-refractivity contribution < 1.29 is 38.1 Å². The first kappa shape index (κ1) is 26.6. The molecule has 0 aliphatic carbocycles. The first-order chi connectivity index (χ1) is 16.8. The number of nitrogen functional groups attached to an aromatic ring is 1. The molecule has 0 unspecified atom stereocenters. The number of anilines is 4. The minimum absolute atomic E-state index is 0.0349. The summed E-state index contributed by atoms with van der Waals surface area (Å²) in [7, 11) is 0. The summed E-state index contributed by atoms with van der Waals surface area (Å²) in [6.07, 6.45) is -0.991. The number of esters is 2. The molecule has 14 nitrogen and oxygen atoms in total. The number of nitrogens with one attached hydrogen (secondary N) is 3. The van der Waals surface area contributed by atoms with Crippen LogP contribution in [0.4, 0.5) is 32.7 Å². The highest BCUT2D eigenvalue weighted by Gasteiger charge is 2.23. The van der Waals surface area contributed by atoms with Crippen LogP contribution in [0.1, 0.15) is 31.3 Å². The highest BCUT2D eigenvalue weighted by molar-refractivity contribution is 6.05. The molecule has 3 amide bonds. The monoisotopic (exact) mass is 490 g/mol. The fourth-order valence-corrected chi connectivity index (χ4v) is 2.52. The van der Waals surface area contributed by atoms with Gasteiger partial charge in [-0.3, -0.25) is 0 Å². The van der Waals surface area contributed by atoms with Gasteiger partial charge in [-0.25, -0.2) is 29.5 Å². The first-order valence-corrected chi connectivity index (χ1v) is 10.5. The van der Waals surface area contributed by atoms with Gasteiger partial charge in [-0.15, -0.1) is 0 Å². The number of hydrogen-bond acceptors (Lipinski definition) is 12. The molecule has 0 radical (unpaired) electrons. The number of imide groups is 1. The summed E-state index contributed by atoms with van der Waals surface area (Å²) in [6.45, 7) is 4.96. The van der Waals surface area contributed by atoms with E-state index in [4.69, 9.17) is 19.9 Å². The van der Waals surface area contributed by atoms with E-state index in [1.807, 2.05) is 5.32 Å². The molecule has 1 aromatic heterocycles. The van der Waals surface area contributed by atoms with Crippen LogP contribution in [0.15, 0.2) is 24.3 Å². The Morgan fingerprint density at radius 2 is 1.57 bits per heavy atom. The van der Waals surface area contributed by atoms with Crippen LogP contribution in [-0.2, 0) is 19.0 Å². The molecule has 0 saturated carbocycles. The number of nitrogens with two attached hydrogens (primary N) is 1. The lowest BCUT2D eigenvalue weighted by molar-refractivity contribution is -0.145. The summed E-state index contributed by atoms with van der Waals surface area (Å²) in [5.74, 6) is -1.28. The Kier molecular flexibility index (Phi) is 10.0. The highest BCUT2D eigenvalue weighted by atomic mass is 16.6. The molecule has 1 aromatic carbocycles. The number of carbonyl (C=O) groups is 4. The largest absolute Gasteiger partial charge is 0.482 e. The summed E-state index contributed by atoms with van der Waals surface area (Å²) >= 11 is 0. The number of nitrogens with zero attached hydrogens (tertiary/aromatic N) is 2. The molecule has 1 heterocycles. The van der Waals surface area contributed by atoms with Gasteiger partial charge in [0.2, 0.25) is 5.95 Å². The Morgan fingerprint density at radius 3 is 2.20 bits per heavy atom. The number of alkyl carbamates (subject to hydrolysis) is 1. The third-order valence-electron chi connectivity index (χ3n) is 3.91. The van der Waals surface area contributed by atoms with Gasteiger partial charge in [-0.2, -0.15) is 4.98 Å². The molecular weight excluding hydrogens is 464 g/mol. The summed E-state index contributed by atoms with van der Waals surface area (Å²) in [6, 6.07) is 5.40. The van der Waals surface area contributed by atoms with Crippen LogP contribution in [0.25, 0.3) is 0 Å². The van der Waals surface area contributed by atoms with E-state index in [-0.39, 0.29) is 49.6 Å².